The third kappa shape index (κ3) is 2.88. The van der Waals surface area contributed by atoms with Gasteiger partial charge in [-0.1, -0.05) is 11.6 Å². The van der Waals surface area contributed by atoms with Gasteiger partial charge in [0.05, 0.1) is 24.3 Å². The lowest BCUT2D eigenvalue weighted by atomic mass is 10.1. The molecule has 0 bridgehead atoms. The van der Waals surface area contributed by atoms with Crippen LogP contribution in [0.2, 0.25) is 5.02 Å². The molecule has 1 aromatic rings. The lowest BCUT2D eigenvalue weighted by Crippen LogP contribution is -2.17. The molecule has 0 fully saturated rings. The van der Waals surface area contributed by atoms with Crippen LogP contribution in [0.25, 0.3) is 0 Å². The van der Waals surface area contributed by atoms with Crippen molar-refractivity contribution in [3.05, 3.63) is 22.7 Å². The molecule has 0 aliphatic heterocycles. The van der Waals surface area contributed by atoms with Gasteiger partial charge in [-0.3, -0.25) is 4.79 Å². The summed E-state index contributed by atoms with van der Waals surface area (Å²) in [7, 11) is 1.36. The maximum absolute atomic E-state index is 11.6. The van der Waals surface area contributed by atoms with Gasteiger partial charge in [-0.2, -0.15) is 0 Å². The second kappa shape index (κ2) is 5.54. The fourth-order valence-electron chi connectivity index (χ4n) is 1.19. The molecule has 0 saturated carbocycles. The normalized spacial score (nSPS) is 9.82. The molecule has 6 heteroatoms. The maximum Gasteiger partial charge on any atom is 0.379 e. The highest BCUT2D eigenvalue weighted by Gasteiger charge is 2.22. The van der Waals surface area contributed by atoms with Crippen LogP contribution in [-0.4, -0.2) is 30.6 Å². The number of hydrogen-bond donors (Lipinski definition) is 1. The largest absolute Gasteiger partial charge is 0.507 e. The quantitative estimate of drug-likeness (QED) is 0.506. The molecule has 0 aliphatic rings. The summed E-state index contributed by atoms with van der Waals surface area (Å²) in [6, 6.07) is 2.32. The summed E-state index contributed by atoms with van der Waals surface area (Å²) in [4.78, 5) is 22.8. The van der Waals surface area contributed by atoms with Gasteiger partial charge in [0.15, 0.2) is 0 Å². The molecule has 0 amide bonds. The highest BCUT2D eigenvalue weighted by molar-refractivity contribution is 6.41. The van der Waals surface area contributed by atoms with E-state index in [0.29, 0.717) is 0 Å². The molecule has 0 aromatic heterocycles. The van der Waals surface area contributed by atoms with Crippen LogP contribution in [0.4, 0.5) is 0 Å². The number of ether oxygens (including phenoxy) is 2. The monoisotopic (exact) mass is 258 g/mol. The Labute approximate surface area is 103 Å². The van der Waals surface area contributed by atoms with Gasteiger partial charge in [0.1, 0.15) is 11.5 Å². The van der Waals surface area contributed by atoms with Gasteiger partial charge in [0.2, 0.25) is 0 Å². The SMILES string of the molecule is CCOC(=O)C(=O)c1cc(OC)c(Cl)cc1O. The van der Waals surface area contributed by atoms with E-state index >= 15 is 0 Å². The van der Waals surface area contributed by atoms with Gasteiger partial charge >= 0.3 is 5.97 Å². The molecule has 1 aromatic carbocycles. The Bertz CT molecular complexity index is 455. The van der Waals surface area contributed by atoms with Crippen molar-refractivity contribution in [3.8, 4) is 11.5 Å². The van der Waals surface area contributed by atoms with Crippen molar-refractivity contribution in [1.82, 2.24) is 0 Å². The molecule has 0 spiro atoms. The van der Waals surface area contributed by atoms with Crippen molar-refractivity contribution < 1.29 is 24.2 Å². The first-order valence-electron chi connectivity index (χ1n) is 4.79. The van der Waals surface area contributed by atoms with Crippen LogP contribution < -0.4 is 4.74 Å². The minimum atomic E-state index is -1.04. The van der Waals surface area contributed by atoms with Crippen molar-refractivity contribution in [3.63, 3.8) is 0 Å². The summed E-state index contributed by atoms with van der Waals surface area (Å²) < 4.78 is 9.43. The second-order valence-corrected chi connectivity index (χ2v) is 3.46. The lowest BCUT2D eigenvalue weighted by Gasteiger charge is -2.07. The van der Waals surface area contributed by atoms with Crippen LogP contribution in [0.3, 0.4) is 0 Å². The van der Waals surface area contributed by atoms with Crippen LogP contribution >= 0.6 is 11.6 Å². The number of hydrogen-bond acceptors (Lipinski definition) is 5. The summed E-state index contributed by atoms with van der Waals surface area (Å²) >= 11 is 5.73. The number of esters is 1. The molecule has 92 valence electrons. The first kappa shape index (κ1) is 13.3. The highest BCUT2D eigenvalue weighted by atomic mass is 35.5. The standard InChI is InChI=1S/C11H11ClO5/c1-3-17-11(15)10(14)6-4-9(16-2)7(12)5-8(6)13/h4-5,13H,3H2,1-2H3. The number of aromatic hydroxyl groups is 1. The third-order valence-corrected chi connectivity index (χ3v) is 2.27. The Morgan fingerprint density at radius 1 is 1.41 bits per heavy atom. The van der Waals surface area contributed by atoms with E-state index in [1.54, 1.807) is 6.92 Å². The molecule has 1 rings (SSSR count). The lowest BCUT2D eigenvalue weighted by molar-refractivity contribution is -0.137. The van der Waals surface area contributed by atoms with Crippen LogP contribution in [-0.2, 0) is 9.53 Å². The van der Waals surface area contributed by atoms with Crippen molar-refractivity contribution in [2.75, 3.05) is 13.7 Å². The Kier molecular flexibility index (Phi) is 4.34. The Balaban J connectivity index is 3.13. The minimum absolute atomic E-state index is 0.0794. The van der Waals surface area contributed by atoms with Crippen LogP contribution in [0.15, 0.2) is 12.1 Å². The number of carbonyl (C=O) groups is 2. The number of Topliss-reactive ketones (excluding diaryl/α,β-unsaturated/α-hetero) is 1. The van der Waals surface area contributed by atoms with Crippen molar-refractivity contribution >= 4 is 23.4 Å². The average Bonchev–Trinajstić information content (AvgIpc) is 2.29. The molecular formula is C11H11ClO5. The molecule has 1 N–H and O–H groups in total. The number of methoxy groups -OCH3 is 1. The fourth-order valence-corrected chi connectivity index (χ4v) is 1.42. The van der Waals surface area contributed by atoms with Gasteiger partial charge < -0.3 is 14.6 Å². The molecule has 0 radical (unpaired) electrons. The zero-order valence-electron chi connectivity index (χ0n) is 9.32. The first-order chi connectivity index (χ1) is 8.01. The molecular weight excluding hydrogens is 248 g/mol. The number of phenolic OH excluding ortho intramolecular Hbond substituents is 1. The van der Waals surface area contributed by atoms with E-state index in [2.05, 4.69) is 4.74 Å². The number of carbonyl (C=O) groups excluding carboxylic acids is 2. The van der Waals surface area contributed by atoms with Gasteiger partial charge in [-0.05, 0) is 13.0 Å². The Morgan fingerprint density at radius 2 is 2.06 bits per heavy atom. The topological polar surface area (TPSA) is 72.8 Å². The Morgan fingerprint density at radius 3 is 2.59 bits per heavy atom. The van der Waals surface area contributed by atoms with E-state index in [-0.39, 0.29) is 22.9 Å². The van der Waals surface area contributed by atoms with Crippen LogP contribution in [0.5, 0.6) is 11.5 Å². The molecule has 0 aliphatic carbocycles. The highest BCUT2D eigenvalue weighted by Crippen LogP contribution is 2.32. The molecule has 0 unspecified atom stereocenters. The smallest absolute Gasteiger partial charge is 0.379 e. The zero-order valence-corrected chi connectivity index (χ0v) is 10.1. The fraction of sp³-hybridized carbons (Fsp3) is 0.273. The van der Waals surface area contributed by atoms with Crippen LogP contribution in [0.1, 0.15) is 17.3 Å². The van der Waals surface area contributed by atoms with E-state index in [0.717, 1.165) is 6.07 Å². The van der Waals surface area contributed by atoms with Crippen molar-refractivity contribution in [2.45, 2.75) is 6.92 Å². The number of benzene rings is 1. The van der Waals surface area contributed by atoms with Gasteiger partial charge in [0, 0.05) is 6.07 Å². The molecule has 0 saturated heterocycles. The third-order valence-electron chi connectivity index (χ3n) is 1.98. The van der Waals surface area contributed by atoms with Crippen LogP contribution in [0, 0.1) is 0 Å². The summed E-state index contributed by atoms with van der Waals surface area (Å²) in [6.45, 7) is 1.66. The minimum Gasteiger partial charge on any atom is -0.507 e. The summed E-state index contributed by atoms with van der Waals surface area (Å²) in [6.07, 6.45) is 0. The summed E-state index contributed by atoms with van der Waals surface area (Å²) in [5, 5.41) is 9.67. The number of rotatable bonds is 4. The van der Waals surface area contributed by atoms with E-state index in [1.807, 2.05) is 0 Å². The zero-order chi connectivity index (χ0) is 13.0. The van der Waals surface area contributed by atoms with Gasteiger partial charge in [-0.25, -0.2) is 4.79 Å². The van der Waals surface area contributed by atoms with E-state index in [9.17, 15) is 14.7 Å². The van der Waals surface area contributed by atoms with Crippen molar-refractivity contribution in [1.29, 1.82) is 0 Å². The second-order valence-electron chi connectivity index (χ2n) is 3.05. The predicted molar refractivity (Wildman–Crippen MR) is 60.6 cm³/mol. The summed E-state index contributed by atoms with van der Waals surface area (Å²) in [5.74, 6) is -2.18. The molecule has 5 nitrogen and oxygen atoms in total. The number of halogens is 1. The predicted octanol–water partition coefficient (Wildman–Crippen LogP) is 1.80. The molecule has 0 heterocycles. The molecule has 17 heavy (non-hydrogen) atoms. The Hall–Kier alpha value is -1.75. The van der Waals surface area contributed by atoms with Crippen molar-refractivity contribution in [2.24, 2.45) is 0 Å². The van der Waals surface area contributed by atoms with Gasteiger partial charge in [-0.15, -0.1) is 0 Å². The maximum atomic E-state index is 11.6. The summed E-state index contributed by atoms with van der Waals surface area (Å²) in [5.41, 5.74) is -0.204. The van der Waals surface area contributed by atoms with E-state index in [4.69, 9.17) is 16.3 Å². The van der Waals surface area contributed by atoms with E-state index < -0.39 is 17.5 Å². The van der Waals surface area contributed by atoms with E-state index in [1.165, 1.54) is 13.2 Å². The molecule has 0 atom stereocenters. The number of phenols is 1. The first-order valence-corrected chi connectivity index (χ1v) is 5.17. The van der Waals surface area contributed by atoms with Gasteiger partial charge in [0.25, 0.3) is 5.78 Å². The number of ketones is 1. The average molecular weight is 259 g/mol.